The van der Waals surface area contributed by atoms with Gasteiger partial charge in [0.05, 0.1) is 21.4 Å². The van der Waals surface area contributed by atoms with Crippen LogP contribution in [0, 0.1) is 6.92 Å². The van der Waals surface area contributed by atoms with Crippen molar-refractivity contribution in [2.75, 3.05) is 0 Å². The molecule has 0 saturated heterocycles. The van der Waals surface area contributed by atoms with Gasteiger partial charge in [-0.25, -0.2) is 4.98 Å². The zero-order valence-corrected chi connectivity index (χ0v) is 12.5. The predicted molar refractivity (Wildman–Crippen MR) is 89.4 cm³/mol. The number of imidazole rings is 1. The number of rotatable bonds is 1. The maximum absolute atomic E-state index is 12.3. The molecule has 0 unspecified atom stereocenters. The molecule has 2 heterocycles. The third kappa shape index (κ3) is 1.92. The van der Waals surface area contributed by atoms with Crippen LogP contribution in [-0.2, 0) is 0 Å². The lowest BCUT2D eigenvalue weighted by Gasteiger charge is -2.00. The maximum Gasteiger partial charge on any atom is 0.191 e. The van der Waals surface area contributed by atoms with E-state index in [1.54, 1.807) is 6.07 Å². The highest BCUT2D eigenvalue weighted by Crippen LogP contribution is 2.28. The Morgan fingerprint density at radius 2 is 1.82 bits per heavy atom. The molecule has 0 radical (unpaired) electrons. The molecule has 2 N–H and O–H groups in total. The summed E-state index contributed by atoms with van der Waals surface area (Å²) < 4.78 is 0. The second-order valence-electron chi connectivity index (χ2n) is 5.27. The van der Waals surface area contributed by atoms with Crippen molar-refractivity contribution in [3.63, 3.8) is 0 Å². The van der Waals surface area contributed by atoms with E-state index in [2.05, 4.69) is 15.0 Å². The Kier molecular flexibility index (Phi) is 2.81. The van der Waals surface area contributed by atoms with E-state index in [0.717, 1.165) is 22.3 Å². The number of benzene rings is 2. The minimum Gasteiger partial charge on any atom is -0.358 e. The largest absolute Gasteiger partial charge is 0.358 e. The quantitative estimate of drug-likeness (QED) is 0.557. The van der Waals surface area contributed by atoms with E-state index in [1.807, 2.05) is 43.3 Å². The standard InChI is InChI=1S/C17H12ClN3O/c1-9-8-14(22)15-12(19-9)6-7-13-16(15)21-17(20-13)10-4-2-3-5-11(10)18/h2-8H,1H3,(H,19,22)(H,20,21). The number of fused-ring (bicyclic) bond motifs is 3. The molecule has 2 aromatic carbocycles. The highest BCUT2D eigenvalue weighted by molar-refractivity contribution is 6.33. The average molecular weight is 310 g/mol. The number of hydrogen-bond donors (Lipinski definition) is 2. The zero-order valence-electron chi connectivity index (χ0n) is 11.8. The monoisotopic (exact) mass is 309 g/mol. The second-order valence-corrected chi connectivity index (χ2v) is 5.67. The highest BCUT2D eigenvalue weighted by Gasteiger charge is 2.12. The molecule has 4 aromatic rings. The van der Waals surface area contributed by atoms with Crippen LogP contribution in [0.2, 0.25) is 5.02 Å². The molecule has 2 aromatic heterocycles. The zero-order chi connectivity index (χ0) is 15.3. The van der Waals surface area contributed by atoms with Gasteiger partial charge in [-0.3, -0.25) is 4.79 Å². The third-order valence-electron chi connectivity index (χ3n) is 3.71. The van der Waals surface area contributed by atoms with E-state index in [9.17, 15) is 4.79 Å². The molecule has 0 saturated carbocycles. The van der Waals surface area contributed by atoms with Crippen molar-refractivity contribution in [1.82, 2.24) is 15.0 Å². The Hall–Kier alpha value is -2.59. The number of pyridine rings is 1. The summed E-state index contributed by atoms with van der Waals surface area (Å²) in [6.07, 6.45) is 0. The van der Waals surface area contributed by atoms with Gasteiger partial charge in [-0.05, 0) is 31.2 Å². The lowest BCUT2D eigenvalue weighted by atomic mass is 10.1. The van der Waals surface area contributed by atoms with E-state index >= 15 is 0 Å². The van der Waals surface area contributed by atoms with Gasteiger partial charge in [0.1, 0.15) is 11.3 Å². The van der Waals surface area contributed by atoms with E-state index in [1.165, 1.54) is 0 Å². The number of H-pyrrole nitrogens is 2. The molecule has 0 fully saturated rings. The predicted octanol–water partition coefficient (Wildman–Crippen LogP) is 4.03. The number of nitrogens with one attached hydrogen (secondary N) is 2. The summed E-state index contributed by atoms with van der Waals surface area (Å²) in [7, 11) is 0. The first kappa shape index (κ1) is 13.1. The van der Waals surface area contributed by atoms with E-state index in [4.69, 9.17) is 11.6 Å². The Morgan fingerprint density at radius 1 is 1.05 bits per heavy atom. The molecular formula is C17H12ClN3O. The summed E-state index contributed by atoms with van der Waals surface area (Å²) in [6.45, 7) is 1.87. The molecule has 5 heteroatoms. The van der Waals surface area contributed by atoms with Gasteiger partial charge in [0.2, 0.25) is 0 Å². The fourth-order valence-corrected chi connectivity index (χ4v) is 2.95. The van der Waals surface area contributed by atoms with Gasteiger partial charge in [0.25, 0.3) is 0 Å². The van der Waals surface area contributed by atoms with Gasteiger partial charge in [0.15, 0.2) is 5.43 Å². The number of aryl methyl sites for hydroxylation is 1. The van der Waals surface area contributed by atoms with Crippen LogP contribution in [0.4, 0.5) is 0 Å². The third-order valence-corrected chi connectivity index (χ3v) is 4.04. The second kappa shape index (κ2) is 4.71. The van der Waals surface area contributed by atoms with Gasteiger partial charge in [-0.2, -0.15) is 0 Å². The fraction of sp³-hybridized carbons (Fsp3) is 0.0588. The summed E-state index contributed by atoms with van der Waals surface area (Å²) in [5.41, 5.74) is 3.88. The molecular weight excluding hydrogens is 298 g/mol. The average Bonchev–Trinajstić information content (AvgIpc) is 2.90. The summed E-state index contributed by atoms with van der Waals surface area (Å²) >= 11 is 6.23. The molecule has 0 spiro atoms. The van der Waals surface area contributed by atoms with Crippen molar-refractivity contribution >= 4 is 33.5 Å². The van der Waals surface area contributed by atoms with Crippen molar-refractivity contribution in [2.24, 2.45) is 0 Å². The Morgan fingerprint density at radius 3 is 2.64 bits per heavy atom. The summed E-state index contributed by atoms with van der Waals surface area (Å²) in [6, 6.07) is 12.9. The topological polar surface area (TPSA) is 61.5 Å². The molecule has 0 amide bonds. The van der Waals surface area contributed by atoms with Crippen LogP contribution in [0.25, 0.3) is 33.3 Å². The molecule has 4 nitrogen and oxygen atoms in total. The molecule has 4 rings (SSSR count). The van der Waals surface area contributed by atoms with E-state index in [0.29, 0.717) is 21.7 Å². The lowest BCUT2D eigenvalue weighted by Crippen LogP contribution is -2.03. The minimum absolute atomic E-state index is 0.0333. The molecule has 108 valence electrons. The van der Waals surface area contributed by atoms with Gasteiger partial charge in [0, 0.05) is 17.3 Å². The highest BCUT2D eigenvalue weighted by atomic mass is 35.5. The van der Waals surface area contributed by atoms with Crippen LogP contribution in [0.5, 0.6) is 0 Å². The number of hydrogen-bond acceptors (Lipinski definition) is 2. The molecule has 0 aliphatic heterocycles. The lowest BCUT2D eigenvalue weighted by molar-refractivity contribution is 1.24. The number of halogens is 1. The minimum atomic E-state index is -0.0333. The first-order chi connectivity index (χ1) is 10.6. The summed E-state index contributed by atoms with van der Waals surface area (Å²) in [5, 5.41) is 1.22. The van der Waals surface area contributed by atoms with Gasteiger partial charge >= 0.3 is 0 Å². The van der Waals surface area contributed by atoms with Crippen molar-refractivity contribution < 1.29 is 0 Å². The maximum atomic E-state index is 12.3. The molecule has 0 aliphatic rings. The van der Waals surface area contributed by atoms with E-state index in [-0.39, 0.29) is 5.43 Å². The summed E-state index contributed by atoms with van der Waals surface area (Å²) in [5.74, 6) is 0.660. The molecule has 0 atom stereocenters. The van der Waals surface area contributed by atoms with E-state index < -0.39 is 0 Å². The Labute approximate surface area is 130 Å². The number of aromatic nitrogens is 3. The van der Waals surface area contributed by atoms with Crippen molar-refractivity contribution in [3.8, 4) is 11.4 Å². The number of nitrogens with zero attached hydrogens (tertiary/aromatic N) is 1. The van der Waals surface area contributed by atoms with Crippen LogP contribution in [-0.4, -0.2) is 15.0 Å². The molecule has 22 heavy (non-hydrogen) atoms. The Bertz CT molecular complexity index is 1080. The van der Waals surface area contributed by atoms with Gasteiger partial charge in [-0.1, -0.05) is 23.7 Å². The first-order valence-corrected chi connectivity index (χ1v) is 7.28. The van der Waals surface area contributed by atoms with Crippen LogP contribution in [0.15, 0.2) is 47.3 Å². The number of aromatic amines is 2. The molecule has 0 aliphatic carbocycles. The van der Waals surface area contributed by atoms with Crippen molar-refractivity contribution in [2.45, 2.75) is 6.92 Å². The van der Waals surface area contributed by atoms with Gasteiger partial charge < -0.3 is 9.97 Å². The first-order valence-electron chi connectivity index (χ1n) is 6.91. The Balaban J connectivity index is 2.08. The van der Waals surface area contributed by atoms with Crippen LogP contribution in [0.3, 0.4) is 0 Å². The smallest absolute Gasteiger partial charge is 0.191 e. The normalized spacial score (nSPS) is 11.4. The van der Waals surface area contributed by atoms with Crippen LogP contribution >= 0.6 is 11.6 Å². The van der Waals surface area contributed by atoms with Crippen molar-refractivity contribution in [1.29, 1.82) is 0 Å². The summed E-state index contributed by atoms with van der Waals surface area (Å²) in [4.78, 5) is 23.4. The van der Waals surface area contributed by atoms with Crippen molar-refractivity contribution in [3.05, 3.63) is 63.4 Å². The van der Waals surface area contributed by atoms with Crippen LogP contribution in [0.1, 0.15) is 5.69 Å². The molecule has 0 bridgehead atoms. The van der Waals surface area contributed by atoms with Gasteiger partial charge in [-0.15, -0.1) is 0 Å². The fourth-order valence-electron chi connectivity index (χ4n) is 2.73. The SMILES string of the molecule is Cc1cc(=O)c2c(ccc3[nH]c(-c4ccccc4Cl)nc32)[nH]1. The van der Waals surface area contributed by atoms with Crippen LogP contribution < -0.4 is 5.43 Å².